The molecular formula is C22H23N3. The maximum Gasteiger partial charge on any atom is 0.140 e. The third kappa shape index (κ3) is 3.42. The lowest BCUT2D eigenvalue weighted by Gasteiger charge is -2.25. The van der Waals surface area contributed by atoms with Crippen LogP contribution in [-0.2, 0) is 20.0 Å². The monoisotopic (exact) mass is 329 g/mol. The number of hydrogen-bond donors (Lipinski definition) is 0. The van der Waals surface area contributed by atoms with E-state index < -0.39 is 0 Å². The lowest BCUT2D eigenvalue weighted by Crippen LogP contribution is -2.31. The van der Waals surface area contributed by atoms with E-state index in [0.29, 0.717) is 0 Å². The third-order valence-corrected chi connectivity index (χ3v) is 4.84. The van der Waals surface area contributed by atoms with Crippen molar-refractivity contribution in [2.45, 2.75) is 13.0 Å². The Kier molecular flexibility index (Phi) is 4.49. The van der Waals surface area contributed by atoms with E-state index in [1.54, 1.807) is 0 Å². The second kappa shape index (κ2) is 7.08. The van der Waals surface area contributed by atoms with Crippen LogP contribution < -0.4 is 0 Å². The summed E-state index contributed by atoms with van der Waals surface area (Å²) in [6, 6.07) is 20.9. The largest absolute Gasteiger partial charge is 0.330 e. The van der Waals surface area contributed by atoms with E-state index in [0.717, 1.165) is 31.9 Å². The summed E-state index contributed by atoms with van der Waals surface area (Å²) in [7, 11) is 2.14. The molecule has 3 aromatic rings. The molecule has 3 heteroatoms. The van der Waals surface area contributed by atoms with E-state index in [1.807, 2.05) is 6.07 Å². The lowest BCUT2D eigenvalue weighted by atomic mass is 10.1. The van der Waals surface area contributed by atoms with Gasteiger partial charge in [0.25, 0.3) is 0 Å². The highest BCUT2D eigenvalue weighted by Crippen LogP contribution is 2.25. The second-order valence-corrected chi connectivity index (χ2v) is 6.55. The highest BCUT2D eigenvalue weighted by atomic mass is 15.2. The molecule has 1 aliphatic heterocycles. The SMILES string of the molecule is Cn1c(-c2ccccc2)nc2c1CN(C/C=C/c1ccccc1)CC2. The van der Waals surface area contributed by atoms with Crippen molar-refractivity contribution in [3.63, 3.8) is 0 Å². The second-order valence-electron chi connectivity index (χ2n) is 6.55. The first-order valence-electron chi connectivity index (χ1n) is 8.85. The van der Waals surface area contributed by atoms with Crippen LogP contribution in [0.15, 0.2) is 66.7 Å². The Balaban J connectivity index is 1.48. The fourth-order valence-electron chi connectivity index (χ4n) is 3.44. The summed E-state index contributed by atoms with van der Waals surface area (Å²) in [4.78, 5) is 7.39. The summed E-state index contributed by atoms with van der Waals surface area (Å²) in [6.07, 6.45) is 5.48. The van der Waals surface area contributed by atoms with Gasteiger partial charge in [-0.15, -0.1) is 0 Å². The molecule has 3 nitrogen and oxygen atoms in total. The van der Waals surface area contributed by atoms with Crippen LogP contribution in [0.2, 0.25) is 0 Å². The maximum absolute atomic E-state index is 4.90. The van der Waals surface area contributed by atoms with E-state index in [1.165, 1.54) is 22.5 Å². The topological polar surface area (TPSA) is 21.1 Å². The van der Waals surface area contributed by atoms with Crippen molar-refractivity contribution < 1.29 is 0 Å². The fraction of sp³-hybridized carbons (Fsp3) is 0.227. The van der Waals surface area contributed by atoms with Gasteiger partial charge in [0, 0.05) is 38.7 Å². The number of nitrogens with zero attached hydrogens (tertiary/aromatic N) is 3. The van der Waals surface area contributed by atoms with E-state index in [-0.39, 0.29) is 0 Å². The first-order chi connectivity index (χ1) is 12.3. The molecular weight excluding hydrogens is 306 g/mol. The molecule has 0 spiro atoms. The molecule has 0 N–H and O–H groups in total. The first-order valence-corrected chi connectivity index (χ1v) is 8.85. The van der Waals surface area contributed by atoms with Crippen LogP contribution in [0.25, 0.3) is 17.5 Å². The van der Waals surface area contributed by atoms with Crippen LogP contribution in [-0.4, -0.2) is 27.5 Å². The van der Waals surface area contributed by atoms with Crippen molar-refractivity contribution in [2.24, 2.45) is 7.05 Å². The van der Waals surface area contributed by atoms with Crippen molar-refractivity contribution in [1.82, 2.24) is 14.5 Å². The standard InChI is InChI=1S/C22H23N3/c1-24-21-17-25(15-8-11-18-9-4-2-5-10-18)16-14-20(21)23-22(24)19-12-6-3-7-13-19/h2-13H,14-17H2,1H3/b11-8+. The molecule has 126 valence electrons. The van der Waals surface area contributed by atoms with Crippen molar-refractivity contribution >= 4 is 6.08 Å². The highest BCUT2D eigenvalue weighted by Gasteiger charge is 2.22. The van der Waals surface area contributed by atoms with E-state index in [2.05, 4.69) is 83.3 Å². The van der Waals surface area contributed by atoms with Gasteiger partial charge in [0.2, 0.25) is 0 Å². The molecule has 1 aliphatic rings. The summed E-state index contributed by atoms with van der Waals surface area (Å²) >= 11 is 0. The van der Waals surface area contributed by atoms with Gasteiger partial charge in [0.15, 0.2) is 0 Å². The van der Waals surface area contributed by atoms with Crippen LogP contribution >= 0.6 is 0 Å². The Morgan fingerprint density at radius 3 is 2.48 bits per heavy atom. The quantitative estimate of drug-likeness (QED) is 0.717. The van der Waals surface area contributed by atoms with Crippen molar-refractivity contribution in [3.05, 3.63) is 83.7 Å². The van der Waals surface area contributed by atoms with Crippen LogP contribution in [0.3, 0.4) is 0 Å². The third-order valence-electron chi connectivity index (χ3n) is 4.84. The molecule has 0 radical (unpaired) electrons. The molecule has 0 bridgehead atoms. The minimum Gasteiger partial charge on any atom is -0.330 e. The number of hydrogen-bond acceptors (Lipinski definition) is 2. The number of aromatic nitrogens is 2. The van der Waals surface area contributed by atoms with Gasteiger partial charge in [-0.25, -0.2) is 4.98 Å². The molecule has 0 atom stereocenters. The molecule has 2 heterocycles. The maximum atomic E-state index is 4.90. The average molecular weight is 329 g/mol. The van der Waals surface area contributed by atoms with E-state index >= 15 is 0 Å². The number of benzene rings is 2. The summed E-state index contributed by atoms with van der Waals surface area (Å²) in [5.74, 6) is 1.08. The Hall–Kier alpha value is -2.65. The molecule has 0 fully saturated rings. The summed E-state index contributed by atoms with van der Waals surface area (Å²) in [6.45, 7) is 3.00. The summed E-state index contributed by atoms with van der Waals surface area (Å²) < 4.78 is 2.26. The number of rotatable bonds is 4. The van der Waals surface area contributed by atoms with Gasteiger partial charge < -0.3 is 4.57 Å². The lowest BCUT2D eigenvalue weighted by molar-refractivity contribution is 0.273. The summed E-state index contributed by atoms with van der Waals surface area (Å²) in [5.41, 5.74) is 5.05. The Labute approximate surface area is 149 Å². The zero-order chi connectivity index (χ0) is 17.1. The van der Waals surface area contributed by atoms with Crippen LogP contribution in [0, 0.1) is 0 Å². The summed E-state index contributed by atoms with van der Waals surface area (Å²) in [5, 5.41) is 0. The molecule has 4 rings (SSSR count). The number of fused-ring (bicyclic) bond motifs is 1. The fourth-order valence-corrected chi connectivity index (χ4v) is 3.44. The van der Waals surface area contributed by atoms with Gasteiger partial charge >= 0.3 is 0 Å². The molecule has 0 aliphatic carbocycles. The van der Waals surface area contributed by atoms with E-state index in [9.17, 15) is 0 Å². The molecule has 0 saturated heterocycles. The van der Waals surface area contributed by atoms with E-state index in [4.69, 9.17) is 4.98 Å². The highest BCUT2D eigenvalue weighted by molar-refractivity contribution is 5.57. The normalized spacial score (nSPS) is 14.8. The average Bonchev–Trinajstić information content (AvgIpc) is 3.00. The van der Waals surface area contributed by atoms with Gasteiger partial charge in [-0.2, -0.15) is 0 Å². The number of imidazole rings is 1. The predicted molar refractivity (Wildman–Crippen MR) is 103 cm³/mol. The first kappa shape index (κ1) is 15.9. The Bertz CT molecular complexity index is 863. The zero-order valence-corrected chi connectivity index (χ0v) is 14.6. The minimum atomic E-state index is 0.963. The zero-order valence-electron chi connectivity index (χ0n) is 14.6. The minimum absolute atomic E-state index is 0.963. The van der Waals surface area contributed by atoms with Gasteiger partial charge in [-0.05, 0) is 5.56 Å². The van der Waals surface area contributed by atoms with Crippen molar-refractivity contribution in [3.8, 4) is 11.4 Å². The van der Waals surface area contributed by atoms with Gasteiger partial charge in [-0.1, -0.05) is 72.8 Å². The Morgan fingerprint density at radius 1 is 1.00 bits per heavy atom. The van der Waals surface area contributed by atoms with Gasteiger partial charge in [0.1, 0.15) is 5.82 Å². The van der Waals surface area contributed by atoms with Crippen LogP contribution in [0.5, 0.6) is 0 Å². The Morgan fingerprint density at radius 2 is 1.72 bits per heavy atom. The molecule has 25 heavy (non-hydrogen) atoms. The van der Waals surface area contributed by atoms with Gasteiger partial charge in [0.05, 0.1) is 11.4 Å². The molecule has 2 aromatic carbocycles. The van der Waals surface area contributed by atoms with Crippen LogP contribution in [0.1, 0.15) is 17.0 Å². The van der Waals surface area contributed by atoms with Crippen LogP contribution in [0.4, 0.5) is 0 Å². The molecule has 1 aromatic heterocycles. The predicted octanol–water partition coefficient (Wildman–Crippen LogP) is 4.16. The van der Waals surface area contributed by atoms with Crippen molar-refractivity contribution in [1.29, 1.82) is 0 Å². The van der Waals surface area contributed by atoms with Gasteiger partial charge in [-0.3, -0.25) is 4.90 Å². The van der Waals surface area contributed by atoms with Crippen molar-refractivity contribution in [2.75, 3.05) is 13.1 Å². The smallest absolute Gasteiger partial charge is 0.140 e. The molecule has 0 saturated carbocycles. The molecule has 0 unspecified atom stereocenters. The molecule has 0 amide bonds.